The lowest BCUT2D eigenvalue weighted by Crippen LogP contribution is -2.33. The van der Waals surface area contributed by atoms with E-state index in [9.17, 15) is 4.79 Å². The van der Waals surface area contributed by atoms with Gasteiger partial charge in [-0.1, -0.05) is 0 Å². The van der Waals surface area contributed by atoms with Crippen molar-refractivity contribution in [3.63, 3.8) is 0 Å². The van der Waals surface area contributed by atoms with Crippen molar-refractivity contribution in [2.75, 3.05) is 12.4 Å². The largest absolute Gasteiger partial charge is 0.497 e. The van der Waals surface area contributed by atoms with Gasteiger partial charge in [0.05, 0.1) is 18.9 Å². The van der Waals surface area contributed by atoms with E-state index >= 15 is 0 Å². The number of anilines is 1. The number of benzene rings is 1. The van der Waals surface area contributed by atoms with Crippen molar-refractivity contribution in [3.8, 4) is 5.75 Å². The van der Waals surface area contributed by atoms with Crippen LogP contribution in [-0.2, 0) is 6.54 Å². The van der Waals surface area contributed by atoms with Crippen molar-refractivity contribution in [3.05, 3.63) is 42.2 Å². The summed E-state index contributed by atoms with van der Waals surface area (Å²) in [7, 11) is 1.60. The summed E-state index contributed by atoms with van der Waals surface area (Å²) in [6, 6.07) is 7.23. The van der Waals surface area contributed by atoms with Gasteiger partial charge in [-0.3, -0.25) is 14.8 Å². The van der Waals surface area contributed by atoms with E-state index < -0.39 is 0 Å². The van der Waals surface area contributed by atoms with Crippen LogP contribution in [0.1, 0.15) is 17.3 Å². The minimum atomic E-state index is -0.291. The average molecular weight is 304 g/mol. The SMILES string of the molecule is CCn1cc(C(=O)NC(=S)Nc2ccc(OC)cc2)cn1. The standard InChI is InChI=1S/C14H16N4O2S/c1-3-18-9-10(8-15-18)13(19)17-14(21)16-11-4-6-12(20-2)7-5-11/h4-9H,3H2,1-2H3,(H2,16,17,19,21). The molecule has 1 amide bonds. The first-order valence-electron chi connectivity index (χ1n) is 6.41. The molecule has 0 aliphatic heterocycles. The van der Waals surface area contributed by atoms with Crippen molar-refractivity contribution < 1.29 is 9.53 Å². The van der Waals surface area contributed by atoms with Crippen LogP contribution < -0.4 is 15.4 Å². The first kappa shape index (κ1) is 15.0. The highest BCUT2D eigenvalue weighted by Gasteiger charge is 2.10. The predicted molar refractivity (Wildman–Crippen MR) is 84.6 cm³/mol. The fourth-order valence-electron chi connectivity index (χ4n) is 1.67. The number of aryl methyl sites for hydroxylation is 1. The van der Waals surface area contributed by atoms with Gasteiger partial charge < -0.3 is 10.1 Å². The van der Waals surface area contributed by atoms with Crippen molar-refractivity contribution in [2.45, 2.75) is 13.5 Å². The predicted octanol–water partition coefficient (Wildman–Crippen LogP) is 2.04. The third-order valence-electron chi connectivity index (χ3n) is 2.79. The Morgan fingerprint density at radius 2 is 2.10 bits per heavy atom. The van der Waals surface area contributed by atoms with Gasteiger partial charge >= 0.3 is 0 Å². The molecular weight excluding hydrogens is 288 g/mol. The van der Waals surface area contributed by atoms with Gasteiger partial charge in [-0.15, -0.1) is 0 Å². The Morgan fingerprint density at radius 1 is 1.38 bits per heavy atom. The summed E-state index contributed by atoms with van der Waals surface area (Å²) >= 11 is 5.11. The monoisotopic (exact) mass is 304 g/mol. The highest BCUT2D eigenvalue weighted by molar-refractivity contribution is 7.80. The maximum atomic E-state index is 12.0. The Balaban J connectivity index is 1.92. The molecule has 1 aromatic carbocycles. The Labute approximate surface area is 128 Å². The minimum absolute atomic E-state index is 0.231. The Morgan fingerprint density at radius 3 is 2.67 bits per heavy atom. The molecule has 2 aromatic rings. The maximum Gasteiger partial charge on any atom is 0.260 e. The number of ether oxygens (including phenoxy) is 1. The second-order valence-electron chi connectivity index (χ2n) is 4.22. The number of hydrogen-bond acceptors (Lipinski definition) is 4. The zero-order valence-corrected chi connectivity index (χ0v) is 12.6. The zero-order valence-electron chi connectivity index (χ0n) is 11.8. The summed E-state index contributed by atoms with van der Waals surface area (Å²) in [5.74, 6) is 0.461. The summed E-state index contributed by atoms with van der Waals surface area (Å²) in [4.78, 5) is 12.0. The Hall–Kier alpha value is -2.41. The van der Waals surface area contributed by atoms with Gasteiger partial charge in [-0.25, -0.2) is 0 Å². The van der Waals surface area contributed by atoms with Crippen LogP contribution in [0, 0.1) is 0 Å². The van der Waals surface area contributed by atoms with E-state index in [0.717, 1.165) is 11.4 Å². The molecule has 0 spiro atoms. The summed E-state index contributed by atoms with van der Waals surface area (Å²) in [5.41, 5.74) is 1.24. The van der Waals surface area contributed by atoms with Crippen LogP contribution in [0.2, 0.25) is 0 Å². The van der Waals surface area contributed by atoms with Crippen molar-refractivity contribution in [1.29, 1.82) is 0 Å². The molecule has 21 heavy (non-hydrogen) atoms. The van der Waals surface area contributed by atoms with Gasteiger partial charge in [0.2, 0.25) is 0 Å². The fraction of sp³-hybridized carbons (Fsp3) is 0.214. The molecule has 0 saturated carbocycles. The first-order chi connectivity index (χ1) is 10.1. The third-order valence-corrected chi connectivity index (χ3v) is 3.00. The second kappa shape index (κ2) is 6.85. The normalized spacial score (nSPS) is 10.0. The first-order valence-corrected chi connectivity index (χ1v) is 6.82. The molecule has 2 rings (SSSR count). The lowest BCUT2D eigenvalue weighted by molar-refractivity contribution is 0.0977. The van der Waals surface area contributed by atoms with Crippen LogP contribution in [0.3, 0.4) is 0 Å². The van der Waals surface area contributed by atoms with Crippen LogP contribution in [0.25, 0.3) is 0 Å². The molecule has 0 aliphatic rings. The number of nitrogens with one attached hydrogen (secondary N) is 2. The lowest BCUT2D eigenvalue weighted by atomic mass is 10.3. The van der Waals surface area contributed by atoms with E-state index in [1.165, 1.54) is 6.20 Å². The minimum Gasteiger partial charge on any atom is -0.497 e. The molecule has 110 valence electrons. The number of nitrogens with zero attached hydrogens (tertiary/aromatic N) is 2. The van der Waals surface area contributed by atoms with E-state index in [0.29, 0.717) is 12.1 Å². The molecule has 1 aromatic heterocycles. The van der Waals surface area contributed by atoms with Gasteiger partial charge in [0.25, 0.3) is 5.91 Å². The average Bonchev–Trinajstić information content (AvgIpc) is 2.97. The number of carbonyl (C=O) groups is 1. The van der Waals surface area contributed by atoms with Crippen LogP contribution >= 0.6 is 12.2 Å². The number of thiocarbonyl (C=S) groups is 1. The van der Waals surface area contributed by atoms with E-state index in [1.807, 2.05) is 19.1 Å². The Kier molecular flexibility index (Phi) is 4.89. The van der Waals surface area contributed by atoms with Gasteiger partial charge in [-0.05, 0) is 43.4 Å². The Bertz CT molecular complexity index is 637. The van der Waals surface area contributed by atoms with Crippen LogP contribution in [0.15, 0.2) is 36.7 Å². The number of carbonyl (C=O) groups excluding carboxylic acids is 1. The van der Waals surface area contributed by atoms with Gasteiger partial charge in [0.1, 0.15) is 5.75 Å². The van der Waals surface area contributed by atoms with Crippen LogP contribution in [0.5, 0.6) is 5.75 Å². The summed E-state index contributed by atoms with van der Waals surface area (Å²) in [6.45, 7) is 2.66. The lowest BCUT2D eigenvalue weighted by Gasteiger charge is -2.09. The third kappa shape index (κ3) is 4.03. The molecule has 0 bridgehead atoms. The molecule has 0 saturated heterocycles. The number of aromatic nitrogens is 2. The second-order valence-corrected chi connectivity index (χ2v) is 4.63. The molecule has 0 fully saturated rings. The molecule has 7 heteroatoms. The van der Waals surface area contributed by atoms with Gasteiger partial charge in [0, 0.05) is 18.4 Å². The summed E-state index contributed by atoms with van der Waals surface area (Å²) < 4.78 is 6.75. The molecule has 6 nitrogen and oxygen atoms in total. The quantitative estimate of drug-likeness (QED) is 0.846. The molecule has 0 unspecified atom stereocenters. The molecular formula is C14H16N4O2S. The van der Waals surface area contributed by atoms with Crippen LogP contribution in [0.4, 0.5) is 5.69 Å². The summed E-state index contributed by atoms with van der Waals surface area (Å²) in [5, 5.41) is 9.81. The highest BCUT2D eigenvalue weighted by Crippen LogP contribution is 2.14. The molecule has 1 heterocycles. The van der Waals surface area contributed by atoms with Crippen LogP contribution in [-0.4, -0.2) is 27.9 Å². The van der Waals surface area contributed by atoms with Crippen molar-refractivity contribution >= 4 is 28.9 Å². The number of amides is 1. The van der Waals surface area contributed by atoms with E-state index in [4.69, 9.17) is 17.0 Å². The molecule has 0 atom stereocenters. The van der Waals surface area contributed by atoms with Crippen molar-refractivity contribution in [1.82, 2.24) is 15.1 Å². The zero-order chi connectivity index (χ0) is 15.2. The smallest absolute Gasteiger partial charge is 0.260 e. The number of hydrogen-bond donors (Lipinski definition) is 2. The van der Waals surface area contributed by atoms with E-state index in [2.05, 4.69) is 15.7 Å². The molecule has 2 N–H and O–H groups in total. The number of methoxy groups -OCH3 is 1. The molecule has 0 radical (unpaired) electrons. The van der Waals surface area contributed by atoms with Gasteiger partial charge in [0.15, 0.2) is 5.11 Å². The highest BCUT2D eigenvalue weighted by atomic mass is 32.1. The fourth-order valence-corrected chi connectivity index (χ4v) is 1.88. The topological polar surface area (TPSA) is 68.2 Å². The maximum absolute atomic E-state index is 12.0. The van der Waals surface area contributed by atoms with E-state index in [-0.39, 0.29) is 11.0 Å². The van der Waals surface area contributed by atoms with E-state index in [1.54, 1.807) is 30.1 Å². The van der Waals surface area contributed by atoms with Gasteiger partial charge in [-0.2, -0.15) is 5.10 Å². The summed E-state index contributed by atoms with van der Waals surface area (Å²) in [6.07, 6.45) is 3.18. The molecule has 0 aliphatic carbocycles. The van der Waals surface area contributed by atoms with Crippen molar-refractivity contribution in [2.24, 2.45) is 0 Å². The number of rotatable bonds is 4.